The predicted molar refractivity (Wildman–Crippen MR) is 89.6 cm³/mol. The van der Waals surface area contributed by atoms with Gasteiger partial charge in [0, 0.05) is 13.2 Å². The maximum atomic E-state index is 14.6. The van der Waals surface area contributed by atoms with E-state index in [4.69, 9.17) is 0 Å². The highest BCUT2D eigenvalue weighted by Crippen LogP contribution is 2.65. The molecule has 20 heteroatoms. The molecule has 0 aromatic carbocycles. The minimum Gasteiger partial charge on any atom is -0.391 e. The van der Waals surface area contributed by atoms with E-state index in [-0.39, 0.29) is 0 Å². The van der Waals surface area contributed by atoms with Crippen LogP contribution >= 0.6 is 0 Å². The molecule has 0 spiro atoms. The summed E-state index contributed by atoms with van der Waals surface area (Å²) in [5.41, 5.74) is -6.64. The summed E-state index contributed by atoms with van der Waals surface area (Å²) in [6.07, 6.45) is -4.50. The third-order valence-electron chi connectivity index (χ3n) is 4.98. The van der Waals surface area contributed by atoms with Crippen molar-refractivity contribution in [3.63, 3.8) is 0 Å². The van der Waals surface area contributed by atoms with Gasteiger partial charge in [-0.2, -0.15) is 70.2 Å². The van der Waals surface area contributed by atoms with E-state index in [2.05, 4.69) is 8.85 Å². The molecule has 0 rings (SSSR count). The number of rotatable bonds is 14. The largest absolute Gasteiger partial charge is 0.421 e. The van der Waals surface area contributed by atoms with Crippen LogP contribution in [0.15, 0.2) is 0 Å². The van der Waals surface area contributed by atoms with Crippen molar-refractivity contribution in [2.45, 2.75) is 86.9 Å². The fraction of sp³-hybridized carbons (Fsp3) is 1.00. The standard InChI is InChI=1S/C16H19F17O2Si/c1-5-34-36(7-3,35-6-2)16(32,33)15(30,31)14(28,29)13(26,27)12(24,25)11(22,23)10(20,21)9(18,19)8(4)17/h8H,5-7H2,1-4H3. The van der Waals surface area contributed by atoms with E-state index in [1.54, 1.807) is 0 Å². The van der Waals surface area contributed by atoms with E-state index in [0.29, 0.717) is 6.92 Å². The zero-order chi connectivity index (χ0) is 29.6. The average molecular weight is 594 g/mol. The van der Waals surface area contributed by atoms with Crippen LogP contribution in [-0.4, -0.2) is 74.9 Å². The Morgan fingerprint density at radius 2 is 0.806 bits per heavy atom. The van der Waals surface area contributed by atoms with Gasteiger partial charge in [-0.1, -0.05) is 6.92 Å². The fourth-order valence-corrected chi connectivity index (χ4v) is 5.67. The Bertz CT molecular complexity index is 711. The quantitative estimate of drug-likeness (QED) is 0.153. The van der Waals surface area contributed by atoms with Gasteiger partial charge in [0.05, 0.1) is 0 Å². The normalized spacial score (nSPS) is 16.9. The van der Waals surface area contributed by atoms with E-state index in [1.165, 1.54) is 0 Å². The molecule has 0 aromatic heterocycles. The zero-order valence-electron chi connectivity index (χ0n) is 18.4. The van der Waals surface area contributed by atoms with Crippen molar-refractivity contribution in [1.82, 2.24) is 0 Å². The highest BCUT2D eigenvalue weighted by atomic mass is 28.4. The minimum absolute atomic E-state index is 0.543. The van der Waals surface area contributed by atoms with Crippen LogP contribution in [0.25, 0.3) is 0 Å². The lowest BCUT2D eigenvalue weighted by Crippen LogP contribution is -2.78. The van der Waals surface area contributed by atoms with Crippen molar-refractivity contribution in [1.29, 1.82) is 0 Å². The minimum atomic E-state index is -8.60. The second-order valence-corrected chi connectivity index (χ2v) is 10.7. The molecule has 0 aliphatic heterocycles. The lowest BCUT2D eigenvalue weighted by molar-refractivity contribution is -0.452. The molecule has 1 atom stereocenters. The SMILES string of the molecule is CCO[Si](CC)(OCC)C(F)(F)C(F)(F)C(F)(F)C(F)(F)C(F)(F)C(F)(F)C(F)(F)C(F)(F)C(C)F. The summed E-state index contributed by atoms with van der Waals surface area (Å²) in [4.78, 5) is 0. The number of hydrogen-bond donors (Lipinski definition) is 0. The van der Waals surface area contributed by atoms with Crippen molar-refractivity contribution in [2.75, 3.05) is 13.2 Å². The molecule has 0 bridgehead atoms. The first-order valence-corrected chi connectivity index (χ1v) is 11.6. The van der Waals surface area contributed by atoms with Crippen molar-refractivity contribution < 1.29 is 83.5 Å². The zero-order valence-corrected chi connectivity index (χ0v) is 19.4. The lowest BCUT2D eigenvalue weighted by atomic mass is 9.88. The van der Waals surface area contributed by atoms with Gasteiger partial charge in [0.2, 0.25) is 0 Å². The molecule has 1 unspecified atom stereocenters. The topological polar surface area (TPSA) is 18.5 Å². The van der Waals surface area contributed by atoms with Crippen LogP contribution in [0.1, 0.15) is 27.7 Å². The third-order valence-corrected chi connectivity index (χ3v) is 8.69. The molecule has 0 saturated heterocycles. The molecular weight excluding hydrogens is 575 g/mol. The number of alkyl halides is 17. The lowest BCUT2D eigenvalue weighted by Gasteiger charge is -2.46. The van der Waals surface area contributed by atoms with Gasteiger partial charge < -0.3 is 8.85 Å². The smallest absolute Gasteiger partial charge is 0.391 e. The molecule has 0 N–H and O–H groups in total. The van der Waals surface area contributed by atoms with Gasteiger partial charge in [0.15, 0.2) is 6.17 Å². The predicted octanol–water partition coefficient (Wildman–Crippen LogP) is 7.50. The summed E-state index contributed by atoms with van der Waals surface area (Å²) in [6.45, 7) is -0.531. The Labute approximate surface area is 193 Å². The summed E-state index contributed by atoms with van der Waals surface area (Å²) in [5, 5.41) is 0. The van der Waals surface area contributed by atoms with Gasteiger partial charge >= 0.3 is 55.6 Å². The number of halogens is 17. The van der Waals surface area contributed by atoms with Crippen molar-refractivity contribution in [3.8, 4) is 0 Å². The Balaban J connectivity index is 7.13. The van der Waals surface area contributed by atoms with Crippen molar-refractivity contribution >= 4 is 8.56 Å². The molecule has 0 aromatic rings. The van der Waals surface area contributed by atoms with E-state index in [0.717, 1.165) is 13.8 Å². The Morgan fingerprint density at radius 1 is 0.528 bits per heavy atom. The molecule has 0 amide bonds. The summed E-state index contributed by atoms with van der Waals surface area (Å²) in [5.74, 6) is -56.6. The third kappa shape index (κ3) is 4.35. The van der Waals surface area contributed by atoms with Gasteiger partial charge in [-0.15, -0.1) is 0 Å². The maximum absolute atomic E-state index is 14.6. The van der Waals surface area contributed by atoms with E-state index in [1.807, 2.05) is 0 Å². The second kappa shape index (κ2) is 9.92. The highest BCUT2D eigenvalue weighted by molar-refractivity contribution is 6.70. The van der Waals surface area contributed by atoms with Crippen molar-refractivity contribution in [3.05, 3.63) is 0 Å². The molecule has 0 aliphatic carbocycles. The van der Waals surface area contributed by atoms with Crippen LogP contribution in [0.4, 0.5) is 74.6 Å². The van der Waals surface area contributed by atoms with Crippen LogP contribution in [-0.2, 0) is 8.85 Å². The molecule has 218 valence electrons. The Kier molecular flexibility index (Phi) is 9.63. The monoisotopic (exact) mass is 594 g/mol. The first-order chi connectivity index (χ1) is 15.6. The summed E-state index contributed by atoms with van der Waals surface area (Å²) in [6, 6.07) is -1.44. The Morgan fingerprint density at radius 3 is 1.06 bits per heavy atom. The van der Waals surface area contributed by atoms with Gasteiger partial charge in [0.25, 0.3) is 0 Å². The summed E-state index contributed by atoms with van der Waals surface area (Å²) in [7, 11) is -6.15. The molecule has 2 nitrogen and oxygen atoms in total. The van der Waals surface area contributed by atoms with Gasteiger partial charge in [-0.05, 0) is 26.8 Å². The molecule has 0 saturated carbocycles. The van der Waals surface area contributed by atoms with Crippen LogP contribution in [0.2, 0.25) is 6.04 Å². The van der Waals surface area contributed by atoms with Crippen LogP contribution in [0, 0.1) is 0 Å². The van der Waals surface area contributed by atoms with Gasteiger partial charge in [0.1, 0.15) is 0 Å². The van der Waals surface area contributed by atoms with Gasteiger partial charge in [-0.25, -0.2) is 4.39 Å². The van der Waals surface area contributed by atoms with Crippen LogP contribution in [0.3, 0.4) is 0 Å². The summed E-state index contributed by atoms with van der Waals surface area (Å²) >= 11 is 0. The molecule has 0 radical (unpaired) electrons. The molecule has 0 aliphatic rings. The van der Waals surface area contributed by atoms with E-state index in [9.17, 15) is 74.6 Å². The molecular formula is C16H19F17O2Si. The van der Waals surface area contributed by atoms with Crippen LogP contribution < -0.4 is 0 Å². The van der Waals surface area contributed by atoms with E-state index < -0.39 is 87.9 Å². The van der Waals surface area contributed by atoms with Crippen molar-refractivity contribution in [2.24, 2.45) is 0 Å². The first kappa shape index (κ1) is 34.9. The molecule has 36 heavy (non-hydrogen) atoms. The highest BCUT2D eigenvalue weighted by Gasteiger charge is 2.96. The first-order valence-electron chi connectivity index (χ1n) is 9.57. The number of hydrogen-bond acceptors (Lipinski definition) is 2. The molecule has 0 fully saturated rings. The fourth-order valence-electron chi connectivity index (χ4n) is 2.80. The van der Waals surface area contributed by atoms with Gasteiger partial charge in [-0.3, -0.25) is 0 Å². The molecule has 0 heterocycles. The maximum Gasteiger partial charge on any atom is 0.421 e. The van der Waals surface area contributed by atoms with Crippen LogP contribution in [0.5, 0.6) is 0 Å². The second-order valence-electron chi connectivity index (χ2n) is 7.23. The summed E-state index contributed by atoms with van der Waals surface area (Å²) < 4.78 is 243. The van der Waals surface area contributed by atoms with E-state index >= 15 is 0 Å². The Hall–Kier alpha value is -1.05. The average Bonchev–Trinajstić information content (AvgIpc) is 2.71.